The SMILES string of the molecule is COc1ccc(C2=NNC(c3ccc4c(c3)c3ccccc3n4C)C2)cc1OC. The molecule has 1 aromatic heterocycles. The van der Waals surface area contributed by atoms with Crippen LogP contribution in [0, 0.1) is 0 Å². The second kappa shape index (κ2) is 6.85. The molecule has 1 aliphatic heterocycles. The van der Waals surface area contributed by atoms with Gasteiger partial charge in [0.15, 0.2) is 11.5 Å². The first-order valence-corrected chi connectivity index (χ1v) is 9.71. The van der Waals surface area contributed by atoms with Gasteiger partial charge in [0, 0.05) is 40.8 Å². The van der Waals surface area contributed by atoms with E-state index >= 15 is 0 Å². The van der Waals surface area contributed by atoms with Crippen LogP contribution in [0.2, 0.25) is 0 Å². The largest absolute Gasteiger partial charge is 0.493 e. The highest BCUT2D eigenvalue weighted by atomic mass is 16.5. The maximum atomic E-state index is 5.44. The average molecular weight is 385 g/mol. The number of methoxy groups -OCH3 is 2. The minimum absolute atomic E-state index is 0.154. The lowest BCUT2D eigenvalue weighted by atomic mass is 9.97. The van der Waals surface area contributed by atoms with Crippen LogP contribution in [0.5, 0.6) is 11.5 Å². The van der Waals surface area contributed by atoms with Gasteiger partial charge in [-0.05, 0) is 42.0 Å². The zero-order valence-electron chi connectivity index (χ0n) is 16.8. The molecule has 2 heterocycles. The quantitative estimate of drug-likeness (QED) is 0.550. The topological polar surface area (TPSA) is 47.8 Å². The number of hydrogen-bond acceptors (Lipinski definition) is 4. The van der Waals surface area contributed by atoms with Gasteiger partial charge in [-0.2, -0.15) is 5.10 Å². The fourth-order valence-corrected chi connectivity index (χ4v) is 4.23. The van der Waals surface area contributed by atoms with E-state index in [2.05, 4.69) is 64.6 Å². The zero-order chi connectivity index (χ0) is 20.0. The Balaban J connectivity index is 1.46. The van der Waals surface area contributed by atoms with Crippen LogP contribution >= 0.6 is 0 Å². The van der Waals surface area contributed by atoms with Crippen molar-refractivity contribution in [3.63, 3.8) is 0 Å². The Hall–Kier alpha value is -3.47. The third-order valence-electron chi connectivity index (χ3n) is 5.81. The van der Waals surface area contributed by atoms with Crippen LogP contribution in [-0.2, 0) is 7.05 Å². The number of nitrogens with zero attached hydrogens (tertiary/aromatic N) is 2. The van der Waals surface area contributed by atoms with Gasteiger partial charge in [-0.3, -0.25) is 0 Å². The van der Waals surface area contributed by atoms with E-state index in [9.17, 15) is 0 Å². The third kappa shape index (κ3) is 2.81. The van der Waals surface area contributed by atoms with Crippen LogP contribution in [0.4, 0.5) is 0 Å². The fraction of sp³-hybridized carbons (Fsp3) is 0.208. The van der Waals surface area contributed by atoms with E-state index in [1.54, 1.807) is 14.2 Å². The first-order valence-electron chi connectivity index (χ1n) is 9.71. The molecule has 5 rings (SSSR count). The molecule has 146 valence electrons. The van der Waals surface area contributed by atoms with Gasteiger partial charge < -0.3 is 19.5 Å². The van der Waals surface area contributed by atoms with Crippen molar-refractivity contribution in [3.05, 3.63) is 71.8 Å². The maximum absolute atomic E-state index is 5.44. The summed E-state index contributed by atoms with van der Waals surface area (Å²) >= 11 is 0. The molecule has 0 amide bonds. The summed E-state index contributed by atoms with van der Waals surface area (Å²) in [5.74, 6) is 1.44. The molecule has 1 atom stereocenters. The first kappa shape index (κ1) is 17.6. The Kier molecular flexibility index (Phi) is 4.16. The fourth-order valence-electron chi connectivity index (χ4n) is 4.23. The minimum Gasteiger partial charge on any atom is -0.493 e. The number of hydrazone groups is 1. The van der Waals surface area contributed by atoms with E-state index < -0.39 is 0 Å². The van der Waals surface area contributed by atoms with Gasteiger partial charge in [0.25, 0.3) is 0 Å². The summed E-state index contributed by atoms with van der Waals surface area (Å²) in [6.45, 7) is 0. The normalized spacial score (nSPS) is 16.1. The Morgan fingerprint density at radius 2 is 1.69 bits per heavy atom. The molecule has 4 aromatic rings. The van der Waals surface area contributed by atoms with Gasteiger partial charge in [-0.25, -0.2) is 0 Å². The van der Waals surface area contributed by atoms with Crippen LogP contribution in [0.1, 0.15) is 23.6 Å². The molecule has 0 saturated heterocycles. The smallest absolute Gasteiger partial charge is 0.161 e. The third-order valence-corrected chi connectivity index (χ3v) is 5.81. The maximum Gasteiger partial charge on any atom is 0.161 e. The van der Waals surface area contributed by atoms with Crippen LogP contribution in [-0.4, -0.2) is 24.5 Å². The summed E-state index contributed by atoms with van der Waals surface area (Å²) in [4.78, 5) is 0. The lowest BCUT2D eigenvalue weighted by Crippen LogP contribution is -2.09. The van der Waals surface area contributed by atoms with Gasteiger partial charge in [0.2, 0.25) is 0 Å². The van der Waals surface area contributed by atoms with Crippen molar-refractivity contribution in [1.29, 1.82) is 0 Å². The van der Waals surface area contributed by atoms with E-state index in [1.165, 1.54) is 27.4 Å². The van der Waals surface area contributed by atoms with Gasteiger partial charge in [-0.1, -0.05) is 24.3 Å². The van der Waals surface area contributed by atoms with Crippen molar-refractivity contribution >= 4 is 27.5 Å². The number of ether oxygens (including phenoxy) is 2. The van der Waals surface area contributed by atoms with Crippen LogP contribution in [0.15, 0.2) is 65.8 Å². The second-order valence-electron chi connectivity index (χ2n) is 7.37. The molecule has 0 spiro atoms. The summed E-state index contributed by atoms with van der Waals surface area (Å²) in [5, 5.41) is 7.17. The Morgan fingerprint density at radius 3 is 2.52 bits per heavy atom. The molecular formula is C24H23N3O2. The molecule has 1 N–H and O–H groups in total. The van der Waals surface area contributed by atoms with Crippen molar-refractivity contribution in [2.24, 2.45) is 12.1 Å². The molecule has 5 nitrogen and oxygen atoms in total. The van der Waals surface area contributed by atoms with E-state index in [0.717, 1.165) is 23.4 Å². The highest BCUT2D eigenvalue weighted by molar-refractivity contribution is 6.08. The Morgan fingerprint density at radius 1 is 0.897 bits per heavy atom. The number of fused-ring (bicyclic) bond motifs is 3. The highest BCUT2D eigenvalue weighted by Gasteiger charge is 2.23. The molecule has 0 radical (unpaired) electrons. The zero-order valence-corrected chi connectivity index (χ0v) is 16.8. The number of rotatable bonds is 4. The van der Waals surface area contributed by atoms with Crippen molar-refractivity contribution in [3.8, 4) is 11.5 Å². The first-order chi connectivity index (χ1) is 14.2. The van der Waals surface area contributed by atoms with E-state index in [4.69, 9.17) is 9.47 Å². The average Bonchev–Trinajstić information content (AvgIpc) is 3.37. The Labute approximate surface area is 169 Å². The summed E-state index contributed by atoms with van der Waals surface area (Å²) in [6.07, 6.45) is 0.825. The summed E-state index contributed by atoms with van der Waals surface area (Å²) in [5.41, 5.74) is 9.12. The monoisotopic (exact) mass is 385 g/mol. The van der Waals surface area contributed by atoms with E-state index in [1.807, 2.05) is 18.2 Å². The van der Waals surface area contributed by atoms with Crippen molar-refractivity contribution in [2.75, 3.05) is 14.2 Å². The van der Waals surface area contributed by atoms with E-state index in [-0.39, 0.29) is 6.04 Å². The molecule has 1 unspecified atom stereocenters. The van der Waals surface area contributed by atoms with Crippen LogP contribution in [0.3, 0.4) is 0 Å². The Bertz CT molecular complexity index is 1260. The van der Waals surface area contributed by atoms with Gasteiger partial charge in [-0.15, -0.1) is 0 Å². The number of hydrogen-bond donors (Lipinski definition) is 1. The van der Waals surface area contributed by atoms with Crippen molar-refractivity contribution in [1.82, 2.24) is 9.99 Å². The summed E-state index contributed by atoms with van der Waals surface area (Å²) in [7, 11) is 5.42. The van der Waals surface area contributed by atoms with E-state index in [0.29, 0.717) is 5.75 Å². The molecule has 1 aliphatic rings. The van der Waals surface area contributed by atoms with Gasteiger partial charge >= 0.3 is 0 Å². The van der Waals surface area contributed by atoms with Crippen LogP contribution < -0.4 is 14.9 Å². The molecule has 0 saturated carbocycles. The molecule has 0 fully saturated rings. The second-order valence-corrected chi connectivity index (χ2v) is 7.37. The summed E-state index contributed by atoms with van der Waals surface area (Å²) in [6, 6.07) is 21.3. The van der Waals surface area contributed by atoms with Gasteiger partial charge in [0.05, 0.1) is 26.0 Å². The lowest BCUT2D eigenvalue weighted by Gasteiger charge is -2.11. The molecule has 29 heavy (non-hydrogen) atoms. The number of aryl methyl sites for hydroxylation is 1. The molecule has 0 bridgehead atoms. The molecule has 3 aromatic carbocycles. The molecule has 0 aliphatic carbocycles. The lowest BCUT2D eigenvalue weighted by molar-refractivity contribution is 0.355. The molecular weight excluding hydrogens is 362 g/mol. The number of para-hydroxylation sites is 1. The van der Waals surface area contributed by atoms with Gasteiger partial charge in [0.1, 0.15) is 0 Å². The summed E-state index contributed by atoms with van der Waals surface area (Å²) < 4.78 is 13.0. The number of nitrogens with one attached hydrogen (secondary N) is 1. The number of benzene rings is 3. The highest BCUT2D eigenvalue weighted by Crippen LogP contribution is 2.34. The minimum atomic E-state index is 0.154. The van der Waals surface area contributed by atoms with Crippen LogP contribution in [0.25, 0.3) is 21.8 Å². The predicted molar refractivity (Wildman–Crippen MR) is 117 cm³/mol. The number of aromatic nitrogens is 1. The van der Waals surface area contributed by atoms with Crippen molar-refractivity contribution < 1.29 is 9.47 Å². The molecule has 5 heteroatoms. The standard InChI is InChI=1S/C24H23N3O2/c1-27-21-7-5-4-6-17(21)18-12-15(8-10-22(18)27)19-14-20(26-25-19)16-9-11-23(28-2)24(13-16)29-3/h4-13,19,25H,14H2,1-3H3. The van der Waals surface area contributed by atoms with Crippen molar-refractivity contribution in [2.45, 2.75) is 12.5 Å². The predicted octanol–water partition coefficient (Wildman–Crippen LogP) is 4.79.